The fourth-order valence-corrected chi connectivity index (χ4v) is 6.17. The van der Waals surface area contributed by atoms with Crippen molar-refractivity contribution >= 4 is 33.2 Å². The van der Waals surface area contributed by atoms with E-state index < -0.39 is 27.7 Å². The van der Waals surface area contributed by atoms with Gasteiger partial charge in [0.05, 0.1) is 23.6 Å². The van der Waals surface area contributed by atoms with E-state index in [1.165, 1.54) is 18.2 Å². The molecule has 2 aliphatic heterocycles. The monoisotopic (exact) mass is 422 g/mol. The summed E-state index contributed by atoms with van der Waals surface area (Å²) in [6.07, 6.45) is 0.879. The fraction of sp³-hybridized carbons (Fsp3) is 0.350. The molecule has 148 valence electrons. The number of benzene rings is 2. The molecule has 2 saturated heterocycles. The highest BCUT2D eigenvalue weighted by molar-refractivity contribution is 7.91. The van der Waals surface area contributed by atoms with Crippen molar-refractivity contribution < 1.29 is 17.6 Å². The molecule has 2 aromatic carbocycles. The zero-order valence-corrected chi connectivity index (χ0v) is 16.9. The fourth-order valence-electron chi connectivity index (χ4n) is 3.99. The van der Waals surface area contributed by atoms with Crippen molar-refractivity contribution in [1.82, 2.24) is 4.90 Å². The molecule has 2 aromatic rings. The van der Waals surface area contributed by atoms with Gasteiger partial charge in [-0.15, -0.1) is 0 Å². The first-order valence-electron chi connectivity index (χ1n) is 9.12. The van der Waals surface area contributed by atoms with Gasteiger partial charge in [-0.1, -0.05) is 36.7 Å². The molecular formula is C20H20ClFN2O3S. The van der Waals surface area contributed by atoms with Crippen LogP contribution in [0.3, 0.4) is 0 Å². The molecule has 4 rings (SSSR count). The highest BCUT2D eigenvalue weighted by Crippen LogP contribution is 2.36. The summed E-state index contributed by atoms with van der Waals surface area (Å²) >= 11 is 6.13. The van der Waals surface area contributed by atoms with Gasteiger partial charge in [0.2, 0.25) is 0 Å². The Morgan fingerprint density at radius 2 is 1.79 bits per heavy atom. The number of amides is 2. The molecule has 0 spiro atoms. The van der Waals surface area contributed by atoms with Crippen LogP contribution in [0, 0.1) is 5.82 Å². The van der Waals surface area contributed by atoms with Gasteiger partial charge in [0, 0.05) is 17.3 Å². The van der Waals surface area contributed by atoms with Gasteiger partial charge in [0.1, 0.15) is 5.82 Å². The number of hydrogen-bond donors (Lipinski definition) is 0. The van der Waals surface area contributed by atoms with Crippen molar-refractivity contribution in [1.29, 1.82) is 0 Å². The summed E-state index contributed by atoms with van der Waals surface area (Å²) in [5.41, 5.74) is 2.41. The Kier molecular flexibility index (Phi) is 4.83. The molecule has 28 heavy (non-hydrogen) atoms. The average Bonchev–Trinajstić information content (AvgIpc) is 3.07. The molecule has 2 aliphatic rings. The van der Waals surface area contributed by atoms with Crippen LogP contribution in [0.1, 0.15) is 18.1 Å². The molecule has 0 radical (unpaired) electrons. The Hall–Kier alpha value is -2.12. The minimum Gasteiger partial charge on any atom is -0.314 e. The molecule has 0 aliphatic carbocycles. The summed E-state index contributed by atoms with van der Waals surface area (Å²) in [6, 6.07) is 10.5. The lowest BCUT2D eigenvalue weighted by atomic mass is 10.1. The zero-order chi connectivity index (χ0) is 20.1. The molecule has 8 heteroatoms. The van der Waals surface area contributed by atoms with E-state index in [1.54, 1.807) is 9.80 Å². The SMILES string of the molecule is CCc1ccc(N2C(=O)N(Cc3ccc(F)cc3Cl)[C@@H]3CS(=O)(=O)C[C@@H]32)cc1. The van der Waals surface area contributed by atoms with Gasteiger partial charge in [-0.2, -0.15) is 0 Å². The number of fused-ring (bicyclic) bond motifs is 1. The van der Waals surface area contributed by atoms with Crippen LogP contribution < -0.4 is 4.90 Å². The van der Waals surface area contributed by atoms with E-state index in [9.17, 15) is 17.6 Å². The second-order valence-electron chi connectivity index (χ2n) is 7.25. The second kappa shape index (κ2) is 7.04. The Morgan fingerprint density at radius 1 is 1.11 bits per heavy atom. The van der Waals surface area contributed by atoms with Crippen LogP contribution >= 0.6 is 11.6 Å². The Bertz CT molecular complexity index is 1030. The summed E-state index contributed by atoms with van der Waals surface area (Å²) in [4.78, 5) is 16.3. The van der Waals surface area contributed by atoms with Gasteiger partial charge < -0.3 is 4.90 Å². The molecule has 2 heterocycles. The molecule has 5 nitrogen and oxygen atoms in total. The lowest BCUT2D eigenvalue weighted by Crippen LogP contribution is -2.37. The first kappa shape index (κ1) is 19.2. The van der Waals surface area contributed by atoms with E-state index in [0.29, 0.717) is 11.3 Å². The minimum absolute atomic E-state index is 0.0629. The van der Waals surface area contributed by atoms with E-state index in [-0.39, 0.29) is 29.1 Å². The first-order chi connectivity index (χ1) is 13.3. The maximum Gasteiger partial charge on any atom is 0.325 e. The first-order valence-corrected chi connectivity index (χ1v) is 11.3. The largest absolute Gasteiger partial charge is 0.325 e. The number of aryl methyl sites for hydroxylation is 1. The number of anilines is 1. The number of nitrogens with zero attached hydrogens (tertiary/aromatic N) is 2. The van der Waals surface area contributed by atoms with Crippen LogP contribution in [0.4, 0.5) is 14.9 Å². The van der Waals surface area contributed by atoms with Gasteiger partial charge in [-0.05, 0) is 41.8 Å². The summed E-state index contributed by atoms with van der Waals surface area (Å²) < 4.78 is 37.9. The Morgan fingerprint density at radius 3 is 2.43 bits per heavy atom. The number of urea groups is 1. The molecule has 2 atom stereocenters. The number of carbonyl (C=O) groups is 1. The normalized spacial score (nSPS) is 23.3. The average molecular weight is 423 g/mol. The third-order valence-electron chi connectivity index (χ3n) is 5.46. The maximum absolute atomic E-state index is 13.3. The summed E-state index contributed by atoms with van der Waals surface area (Å²) in [6.45, 7) is 2.18. The molecule has 0 bridgehead atoms. The van der Waals surface area contributed by atoms with Crippen LogP contribution in [-0.2, 0) is 22.8 Å². The highest BCUT2D eigenvalue weighted by Gasteiger charge is 2.53. The van der Waals surface area contributed by atoms with E-state index in [1.807, 2.05) is 31.2 Å². The summed E-state index contributed by atoms with van der Waals surface area (Å²) in [5.74, 6) is -0.598. The number of carbonyl (C=O) groups excluding carboxylic acids is 1. The van der Waals surface area contributed by atoms with Crippen molar-refractivity contribution in [3.8, 4) is 0 Å². The number of halogens is 2. The molecule has 0 aromatic heterocycles. The smallest absolute Gasteiger partial charge is 0.314 e. The third-order valence-corrected chi connectivity index (χ3v) is 7.51. The highest BCUT2D eigenvalue weighted by atomic mass is 35.5. The van der Waals surface area contributed by atoms with E-state index >= 15 is 0 Å². The molecule has 0 N–H and O–H groups in total. The van der Waals surface area contributed by atoms with E-state index in [0.717, 1.165) is 12.0 Å². The van der Waals surface area contributed by atoms with E-state index in [2.05, 4.69) is 0 Å². The second-order valence-corrected chi connectivity index (χ2v) is 9.81. The van der Waals surface area contributed by atoms with Crippen LogP contribution in [0.2, 0.25) is 5.02 Å². The van der Waals surface area contributed by atoms with Crippen molar-refractivity contribution in [3.63, 3.8) is 0 Å². The quantitative estimate of drug-likeness (QED) is 0.707. The lowest BCUT2D eigenvalue weighted by Gasteiger charge is -2.23. The number of rotatable bonds is 4. The lowest BCUT2D eigenvalue weighted by molar-refractivity contribution is 0.206. The van der Waals surface area contributed by atoms with Crippen molar-refractivity contribution in [2.24, 2.45) is 0 Å². The Labute approximate surface area is 168 Å². The van der Waals surface area contributed by atoms with Gasteiger partial charge in [0.25, 0.3) is 0 Å². The van der Waals surface area contributed by atoms with Gasteiger partial charge in [0.15, 0.2) is 9.84 Å². The summed E-state index contributed by atoms with van der Waals surface area (Å²) in [5, 5.41) is 0.218. The van der Waals surface area contributed by atoms with Crippen molar-refractivity contribution in [3.05, 3.63) is 64.4 Å². The van der Waals surface area contributed by atoms with Crippen molar-refractivity contribution in [2.75, 3.05) is 16.4 Å². The Balaban J connectivity index is 1.69. The van der Waals surface area contributed by atoms with Crippen LogP contribution in [-0.4, -0.2) is 42.9 Å². The minimum atomic E-state index is -3.25. The molecule has 0 saturated carbocycles. The van der Waals surface area contributed by atoms with Crippen molar-refractivity contribution in [2.45, 2.75) is 32.0 Å². The third kappa shape index (κ3) is 3.37. The van der Waals surface area contributed by atoms with Gasteiger partial charge >= 0.3 is 6.03 Å². The standard InChI is InChI=1S/C20H20ClFN2O3S/c1-2-13-3-7-16(8-4-13)24-19-12-28(26,27)11-18(19)23(20(24)25)10-14-5-6-15(22)9-17(14)21/h3-9,18-19H,2,10-12H2,1H3/t18-,19+/m1/s1. The molecule has 2 amide bonds. The predicted molar refractivity (Wildman–Crippen MR) is 107 cm³/mol. The number of hydrogen-bond acceptors (Lipinski definition) is 3. The zero-order valence-electron chi connectivity index (χ0n) is 15.3. The van der Waals surface area contributed by atoms with Gasteiger partial charge in [-0.25, -0.2) is 17.6 Å². The van der Waals surface area contributed by atoms with Crippen LogP contribution in [0.15, 0.2) is 42.5 Å². The predicted octanol–water partition coefficient (Wildman–Crippen LogP) is 3.65. The molecule has 2 fully saturated rings. The van der Waals surface area contributed by atoms with Crippen LogP contribution in [0.25, 0.3) is 0 Å². The number of sulfone groups is 1. The molecule has 0 unspecified atom stereocenters. The topological polar surface area (TPSA) is 57.7 Å². The van der Waals surface area contributed by atoms with Crippen LogP contribution in [0.5, 0.6) is 0 Å². The van der Waals surface area contributed by atoms with Gasteiger partial charge in [-0.3, -0.25) is 4.90 Å². The summed E-state index contributed by atoms with van der Waals surface area (Å²) in [7, 11) is -3.25. The maximum atomic E-state index is 13.3. The molecular weight excluding hydrogens is 403 g/mol. The van der Waals surface area contributed by atoms with E-state index in [4.69, 9.17) is 11.6 Å².